The van der Waals surface area contributed by atoms with Crippen LogP contribution in [0.2, 0.25) is 0 Å². The maximum absolute atomic E-state index is 12.5. The van der Waals surface area contributed by atoms with Gasteiger partial charge in [-0.05, 0) is 20.3 Å². The van der Waals surface area contributed by atoms with E-state index in [0.717, 1.165) is 0 Å². The molecule has 0 bridgehead atoms. The zero-order valence-electron chi connectivity index (χ0n) is 9.67. The summed E-state index contributed by atoms with van der Waals surface area (Å²) in [6.45, 7) is 3.89. The van der Waals surface area contributed by atoms with Gasteiger partial charge in [0.05, 0.1) is 0 Å². The third-order valence-corrected chi connectivity index (χ3v) is 3.51. The number of alkyl halides is 7. The SMILES string of the molecule is CCC(C)(C)OC(=O)C(Br)(C(F)(F)F)C(F)(F)F. The Bertz CT molecular complexity index is 306. The van der Waals surface area contributed by atoms with E-state index in [4.69, 9.17) is 0 Å². The molecule has 18 heavy (non-hydrogen) atoms. The molecular formula is C9H11BrF6O2. The van der Waals surface area contributed by atoms with Gasteiger partial charge in [0, 0.05) is 0 Å². The lowest BCUT2D eigenvalue weighted by Gasteiger charge is -2.33. The summed E-state index contributed by atoms with van der Waals surface area (Å²) in [6, 6.07) is 0. The van der Waals surface area contributed by atoms with Crippen LogP contribution in [0.15, 0.2) is 0 Å². The smallest absolute Gasteiger partial charge is 0.423 e. The van der Waals surface area contributed by atoms with Gasteiger partial charge in [0.1, 0.15) is 5.60 Å². The lowest BCUT2D eigenvalue weighted by atomic mass is 10.0. The van der Waals surface area contributed by atoms with Crippen LogP contribution in [-0.2, 0) is 9.53 Å². The fourth-order valence-corrected chi connectivity index (χ4v) is 0.867. The summed E-state index contributed by atoms with van der Waals surface area (Å²) < 4.78 is 74.3. The largest absolute Gasteiger partial charge is 0.458 e. The van der Waals surface area contributed by atoms with Crippen molar-refractivity contribution in [3.05, 3.63) is 0 Å². The molecule has 0 aliphatic heterocycles. The highest BCUT2D eigenvalue weighted by atomic mass is 79.9. The molecule has 0 aromatic heterocycles. The molecule has 0 amide bonds. The van der Waals surface area contributed by atoms with Crippen LogP contribution in [0.3, 0.4) is 0 Å². The minimum absolute atomic E-state index is 0.0670. The number of carbonyl (C=O) groups excluding carboxylic acids is 1. The Morgan fingerprint density at radius 3 is 1.61 bits per heavy atom. The van der Waals surface area contributed by atoms with Crippen molar-refractivity contribution in [1.29, 1.82) is 0 Å². The van der Waals surface area contributed by atoms with E-state index in [2.05, 4.69) is 4.74 Å². The van der Waals surface area contributed by atoms with Crippen LogP contribution in [0.1, 0.15) is 27.2 Å². The molecule has 0 unspecified atom stereocenters. The summed E-state index contributed by atoms with van der Waals surface area (Å²) in [4.78, 5) is 11.2. The number of carbonyl (C=O) groups is 1. The highest BCUT2D eigenvalue weighted by molar-refractivity contribution is 9.10. The van der Waals surface area contributed by atoms with Gasteiger partial charge in [-0.25, -0.2) is 4.79 Å². The molecule has 108 valence electrons. The zero-order chi connectivity index (χ0) is 15.0. The molecule has 0 aromatic rings. The lowest BCUT2D eigenvalue weighted by Crippen LogP contribution is -2.59. The average Bonchev–Trinajstić information content (AvgIpc) is 2.12. The van der Waals surface area contributed by atoms with Gasteiger partial charge in [0.2, 0.25) is 0 Å². The van der Waals surface area contributed by atoms with Gasteiger partial charge in [-0.3, -0.25) is 0 Å². The van der Waals surface area contributed by atoms with E-state index in [9.17, 15) is 31.1 Å². The van der Waals surface area contributed by atoms with Crippen LogP contribution in [0, 0.1) is 0 Å². The second kappa shape index (κ2) is 4.90. The monoisotopic (exact) mass is 344 g/mol. The molecule has 0 aliphatic carbocycles. The van der Waals surface area contributed by atoms with Crippen molar-refractivity contribution in [3.8, 4) is 0 Å². The predicted octanol–water partition coefficient (Wildman–Crippen LogP) is 3.98. The minimum atomic E-state index is -5.86. The summed E-state index contributed by atoms with van der Waals surface area (Å²) in [5.41, 5.74) is -1.42. The molecule has 0 radical (unpaired) electrons. The number of hydrogen-bond donors (Lipinski definition) is 0. The van der Waals surface area contributed by atoms with E-state index in [-0.39, 0.29) is 6.42 Å². The second-order valence-electron chi connectivity index (χ2n) is 4.16. The van der Waals surface area contributed by atoms with Crippen molar-refractivity contribution in [3.63, 3.8) is 0 Å². The zero-order valence-corrected chi connectivity index (χ0v) is 11.3. The standard InChI is InChI=1S/C9H11BrF6O2/c1-4-6(2,3)18-5(17)7(10,8(11,12)13)9(14,15)16/h4H2,1-3H3. The second-order valence-corrected chi connectivity index (χ2v) is 5.35. The Morgan fingerprint density at radius 1 is 1.06 bits per heavy atom. The average molecular weight is 345 g/mol. The molecule has 9 heteroatoms. The molecule has 2 nitrogen and oxygen atoms in total. The Kier molecular flexibility index (Phi) is 4.77. The van der Waals surface area contributed by atoms with Crippen LogP contribution in [0.25, 0.3) is 0 Å². The van der Waals surface area contributed by atoms with Gasteiger partial charge in [-0.2, -0.15) is 26.3 Å². The van der Waals surface area contributed by atoms with E-state index in [0.29, 0.717) is 0 Å². The molecule has 0 aromatic carbocycles. The summed E-state index contributed by atoms with van der Waals surface area (Å²) in [6.07, 6.45) is -11.6. The fraction of sp³-hybridized carbons (Fsp3) is 0.889. The first-order valence-corrected chi connectivity index (χ1v) is 5.54. The third kappa shape index (κ3) is 3.30. The van der Waals surface area contributed by atoms with Crippen molar-refractivity contribution < 1.29 is 35.9 Å². The molecule has 0 spiro atoms. The minimum Gasteiger partial charge on any atom is -0.458 e. The highest BCUT2D eigenvalue weighted by Crippen LogP contribution is 2.50. The molecule has 0 fully saturated rings. The van der Waals surface area contributed by atoms with Crippen LogP contribution in [0.5, 0.6) is 0 Å². The van der Waals surface area contributed by atoms with Gasteiger partial charge in [-0.1, -0.05) is 22.9 Å². The first-order valence-electron chi connectivity index (χ1n) is 4.75. The molecule has 0 saturated heterocycles. The summed E-state index contributed by atoms with van der Waals surface area (Å²) in [5, 5.41) is 0. The van der Waals surface area contributed by atoms with Crippen molar-refractivity contribution in [1.82, 2.24) is 0 Å². The number of rotatable bonds is 3. The number of halogens is 7. The third-order valence-electron chi connectivity index (χ3n) is 2.28. The number of ether oxygens (including phenoxy) is 1. The predicted molar refractivity (Wildman–Crippen MR) is 54.2 cm³/mol. The molecule has 0 saturated carbocycles. The topological polar surface area (TPSA) is 26.3 Å². The highest BCUT2D eigenvalue weighted by Gasteiger charge is 2.76. The summed E-state index contributed by atoms with van der Waals surface area (Å²) in [5.74, 6) is -2.42. The number of esters is 1. The first-order chi connectivity index (χ1) is 7.69. The first kappa shape index (κ1) is 17.5. The van der Waals surface area contributed by atoms with Gasteiger partial charge < -0.3 is 4.74 Å². The normalized spacial score (nSPS) is 14.6. The maximum atomic E-state index is 12.5. The van der Waals surface area contributed by atoms with E-state index in [1.54, 1.807) is 0 Å². The molecule has 0 N–H and O–H groups in total. The Morgan fingerprint density at radius 2 is 1.39 bits per heavy atom. The number of hydrogen-bond acceptors (Lipinski definition) is 2. The Hall–Kier alpha value is -0.470. The van der Waals surface area contributed by atoms with Crippen LogP contribution < -0.4 is 0 Å². The molecule has 0 atom stereocenters. The van der Waals surface area contributed by atoms with E-state index in [1.807, 2.05) is 0 Å². The van der Waals surface area contributed by atoms with Gasteiger partial charge in [-0.15, -0.1) is 0 Å². The van der Waals surface area contributed by atoms with Crippen molar-refractivity contribution in [2.75, 3.05) is 0 Å². The van der Waals surface area contributed by atoms with E-state index in [1.165, 1.54) is 36.7 Å². The van der Waals surface area contributed by atoms with Gasteiger partial charge in [0.15, 0.2) is 0 Å². The van der Waals surface area contributed by atoms with E-state index < -0.39 is 28.2 Å². The maximum Gasteiger partial charge on any atom is 0.423 e. The Labute approximate surface area is 108 Å². The fourth-order valence-electron chi connectivity index (χ4n) is 0.786. The van der Waals surface area contributed by atoms with Gasteiger partial charge >= 0.3 is 22.6 Å². The molecule has 0 rings (SSSR count). The van der Waals surface area contributed by atoms with Crippen molar-refractivity contribution in [2.24, 2.45) is 0 Å². The van der Waals surface area contributed by atoms with Crippen LogP contribution in [-0.4, -0.2) is 28.2 Å². The molecular weight excluding hydrogens is 334 g/mol. The summed E-state index contributed by atoms with van der Waals surface area (Å²) >= 11 is 1.45. The van der Waals surface area contributed by atoms with Crippen molar-refractivity contribution in [2.45, 2.75) is 49.5 Å². The quantitative estimate of drug-likeness (QED) is 0.440. The van der Waals surface area contributed by atoms with Crippen LogP contribution >= 0.6 is 15.9 Å². The van der Waals surface area contributed by atoms with Gasteiger partial charge in [0.25, 0.3) is 0 Å². The van der Waals surface area contributed by atoms with E-state index >= 15 is 0 Å². The Balaban J connectivity index is 5.47. The molecule has 0 aliphatic rings. The molecule has 0 heterocycles. The van der Waals surface area contributed by atoms with Crippen molar-refractivity contribution >= 4 is 21.9 Å². The lowest BCUT2D eigenvalue weighted by molar-refractivity contribution is -0.266. The van der Waals surface area contributed by atoms with Crippen LogP contribution in [0.4, 0.5) is 26.3 Å². The summed E-state index contributed by atoms with van der Waals surface area (Å²) in [7, 11) is 0.